The van der Waals surface area contributed by atoms with Gasteiger partial charge in [-0.25, -0.2) is 0 Å². The molecule has 0 radical (unpaired) electrons. The third kappa shape index (κ3) is 3.95. The molecule has 0 bridgehead atoms. The molecule has 0 saturated carbocycles. The first-order chi connectivity index (χ1) is 13.2. The zero-order valence-corrected chi connectivity index (χ0v) is 15.2. The number of fused-ring (bicyclic) bond motifs is 1. The van der Waals surface area contributed by atoms with Gasteiger partial charge in [0.15, 0.2) is 11.5 Å². The first-order valence-corrected chi connectivity index (χ1v) is 9.30. The molecular formula is C19H15N3O4S. The number of nitrogens with zero attached hydrogens (tertiary/aromatic N) is 2. The Morgan fingerprint density at radius 2 is 2.04 bits per heavy atom. The second-order valence-electron chi connectivity index (χ2n) is 5.58. The van der Waals surface area contributed by atoms with E-state index in [2.05, 4.69) is 15.5 Å². The number of benzene rings is 2. The SMILES string of the molecule is CSc1cccc(-c2nnc(NC(=O)/C=C/c3ccc4c(c3)OCO4)o2)c1. The highest BCUT2D eigenvalue weighted by atomic mass is 32.2. The van der Waals surface area contributed by atoms with E-state index in [-0.39, 0.29) is 18.7 Å². The van der Waals surface area contributed by atoms with Crippen LogP contribution in [0, 0.1) is 0 Å². The Morgan fingerprint density at radius 1 is 1.15 bits per heavy atom. The van der Waals surface area contributed by atoms with E-state index in [1.165, 1.54) is 6.08 Å². The van der Waals surface area contributed by atoms with Gasteiger partial charge in [-0.1, -0.05) is 17.2 Å². The van der Waals surface area contributed by atoms with E-state index in [0.29, 0.717) is 17.4 Å². The molecule has 2 aromatic carbocycles. The lowest BCUT2D eigenvalue weighted by atomic mass is 10.2. The molecule has 0 fully saturated rings. The summed E-state index contributed by atoms with van der Waals surface area (Å²) < 4.78 is 16.1. The van der Waals surface area contributed by atoms with Gasteiger partial charge < -0.3 is 13.9 Å². The smallest absolute Gasteiger partial charge is 0.322 e. The maximum absolute atomic E-state index is 12.1. The standard InChI is InChI=1S/C19H15N3O4S/c1-27-14-4-2-3-13(10-14)18-21-22-19(26-18)20-17(23)8-6-12-5-7-15-16(9-12)25-11-24-15/h2-10H,11H2,1H3,(H,20,22,23)/b8-6+. The van der Waals surface area contributed by atoms with Crippen molar-refractivity contribution in [2.75, 3.05) is 18.4 Å². The van der Waals surface area contributed by atoms with Crippen molar-refractivity contribution >= 4 is 29.8 Å². The maximum atomic E-state index is 12.1. The predicted molar refractivity (Wildman–Crippen MR) is 102 cm³/mol. The van der Waals surface area contributed by atoms with Gasteiger partial charge in [-0.2, -0.15) is 0 Å². The molecule has 1 amide bonds. The number of hydrogen-bond donors (Lipinski definition) is 1. The molecular weight excluding hydrogens is 366 g/mol. The number of ether oxygens (including phenoxy) is 2. The fourth-order valence-electron chi connectivity index (χ4n) is 2.48. The summed E-state index contributed by atoms with van der Waals surface area (Å²) in [6, 6.07) is 13.2. The van der Waals surface area contributed by atoms with Crippen LogP contribution in [-0.4, -0.2) is 29.2 Å². The Morgan fingerprint density at radius 3 is 2.93 bits per heavy atom. The number of carbonyl (C=O) groups is 1. The highest BCUT2D eigenvalue weighted by Gasteiger charge is 2.13. The summed E-state index contributed by atoms with van der Waals surface area (Å²) in [6.07, 6.45) is 5.04. The molecule has 0 saturated heterocycles. The molecule has 0 unspecified atom stereocenters. The molecule has 4 rings (SSSR count). The minimum atomic E-state index is -0.374. The van der Waals surface area contributed by atoms with Crippen molar-refractivity contribution in [1.29, 1.82) is 0 Å². The zero-order chi connectivity index (χ0) is 18.6. The molecule has 0 atom stereocenters. The third-order valence-corrected chi connectivity index (χ3v) is 4.52. The lowest BCUT2D eigenvalue weighted by Crippen LogP contribution is -2.07. The summed E-state index contributed by atoms with van der Waals surface area (Å²) in [6.45, 7) is 0.211. The number of thioether (sulfide) groups is 1. The molecule has 7 nitrogen and oxygen atoms in total. The van der Waals surface area contributed by atoms with E-state index in [4.69, 9.17) is 13.9 Å². The molecule has 3 aromatic rings. The van der Waals surface area contributed by atoms with Gasteiger partial charge in [-0.3, -0.25) is 10.1 Å². The van der Waals surface area contributed by atoms with Crippen molar-refractivity contribution in [2.45, 2.75) is 4.90 Å². The first kappa shape index (κ1) is 17.2. The minimum absolute atomic E-state index is 0.0416. The van der Waals surface area contributed by atoms with Crippen LogP contribution >= 0.6 is 11.8 Å². The maximum Gasteiger partial charge on any atom is 0.322 e. The van der Waals surface area contributed by atoms with Crippen molar-refractivity contribution in [2.24, 2.45) is 0 Å². The van der Waals surface area contributed by atoms with Crippen molar-refractivity contribution in [1.82, 2.24) is 10.2 Å². The van der Waals surface area contributed by atoms with Crippen LogP contribution < -0.4 is 14.8 Å². The van der Waals surface area contributed by atoms with Crippen molar-refractivity contribution < 1.29 is 18.7 Å². The van der Waals surface area contributed by atoms with Crippen LogP contribution in [0.2, 0.25) is 0 Å². The predicted octanol–water partition coefficient (Wildman–Crippen LogP) is 3.84. The van der Waals surface area contributed by atoms with Gasteiger partial charge in [0.05, 0.1) is 0 Å². The molecule has 8 heteroatoms. The summed E-state index contributed by atoms with van der Waals surface area (Å²) in [4.78, 5) is 13.2. The Labute approximate surface area is 159 Å². The number of anilines is 1. The molecule has 1 N–H and O–H groups in total. The van der Waals surface area contributed by atoms with Crippen molar-refractivity contribution in [3.05, 3.63) is 54.1 Å². The van der Waals surface area contributed by atoms with Gasteiger partial charge in [-0.05, 0) is 48.2 Å². The highest BCUT2D eigenvalue weighted by molar-refractivity contribution is 7.98. The molecule has 0 aliphatic carbocycles. The van der Waals surface area contributed by atoms with Crippen LogP contribution in [0.15, 0.2) is 57.9 Å². The Hall–Kier alpha value is -3.26. The van der Waals surface area contributed by atoms with E-state index in [0.717, 1.165) is 16.0 Å². The van der Waals surface area contributed by atoms with Crippen LogP contribution in [0.1, 0.15) is 5.56 Å². The quantitative estimate of drug-likeness (QED) is 0.531. The van der Waals surface area contributed by atoms with Crippen LogP contribution in [0.4, 0.5) is 6.01 Å². The molecule has 27 heavy (non-hydrogen) atoms. The first-order valence-electron chi connectivity index (χ1n) is 8.08. The van der Waals surface area contributed by atoms with Gasteiger partial charge in [0, 0.05) is 16.5 Å². The molecule has 2 heterocycles. The fourth-order valence-corrected chi connectivity index (χ4v) is 2.94. The third-order valence-electron chi connectivity index (χ3n) is 3.80. The van der Waals surface area contributed by atoms with E-state index < -0.39 is 0 Å². The van der Waals surface area contributed by atoms with Crippen LogP contribution in [0.5, 0.6) is 11.5 Å². The monoisotopic (exact) mass is 381 g/mol. The van der Waals surface area contributed by atoms with Crippen LogP contribution in [-0.2, 0) is 4.79 Å². The number of carbonyl (C=O) groups excluding carboxylic acids is 1. The number of rotatable bonds is 5. The topological polar surface area (TPSA) is 86.5 Å². The van der Waals surface area contributed by atoms with Crippen LogP contribution in [0.3, 0.4) is 0 Å². The van der Waals surface area contributed by atoms with E-state index in [1.54, 1.807) is 30.0 Å². The van der Waals surface area contributed by atoms with Gasteiger partial charge in [-0.15, -0.1) is 16.9 Å². The highest BCUT2D eigenvalue weighted by Crippen LogP contribution is 2.32. The molecule has 1 aliphatic rings. The Kier molecular flexibility index (Phi) is 4.80. The van der Waals surface area contributed by atoms with Gasteiger partial charge in [0.25, 0.3) is 5.91 Å². The zero-order valence-electron chi connectivity index (χ0n) is 14.3. The summed E-state index contributed by atoms with van der Waals surface area (Å²) in [5.41, 5.74) is 1.61. The largest absolute Gasteiger partial charge is 0.454 e. The van der Waals surface area contributed by atoms with Crippen LogP contribution in [0.25, 0.3) is 17.5 Å². The Bertz CT molecular complexity index is 1020. The van der Waals surface area contributed by atoms with Gasteiger partial charge in [0.1, 0.15) is 0 Å². The molecule has 0 spiro atoms. The average molecular weight is 381 g/mol. The van der Waals surface area contributed by atoms with Crippen molar-refractivity contribution in [3.8, 4) is 23.0 Å². The molecule has 1 aliphatic heterocycles. The fraction of sp³-hybridized carbons (Fsp3) is 0.105. The minimum Gasteiger partial charge on any atom is -0.454 e. The van der Waals surface area contributed by atoms with E-state index >= 15 is 0 Å². The van der Waals surface area contributed by atoms with E-state index in [1.807, 2.05) is 36.6 Å². The van der Waals surface area contributed by atoms with E-state index in [9.17, 15) is 4.79 Å². The van der Waals surface area contributed by atoms with Gasteiger partial charge in [0.2, 0.25) is 12.7 Å². The number of hydrogen-bond acceptors (Lipinski definition) is 7. The van der Waals surface area contributed by atoms with Gasteiger partial charge >= 0.3 is 6.01 Å². The summed E-state index contributed by atoms with van der Waals surface area (Å²) in [5.74, 6) is 1.33. The number of nitrogens with one attached hydrogen (secondary N) is 1. The lowest BCUT2D eigenvalue weighted by molar-refractivity contribution is -0.112. The second kappa shape index (κ2) is 7.55. The summed E-state index contributed by atoms with van der Waals surface area (Å²) in [5, 5.41) is 10.4. The second-order valence-corrected chi connectivity index (χ2v) is 6.46. The number of amides is 1. The van der Waals surface area contributed by atoms with Crippen molar-refractivity contribution in [3.63, 3.8) is 0 Å². The number of aromatic nitrogens is 2. The normalized spacial score (nSPS) is 12.5. The molecule has 1 aromatic heterocycles. The molecule has 136 valence electrons. The Balaban J connectivity index is 1.42. The summed E-state index contributed by atoms with van der Waals surface area (Å²) >= 11 is 1.62. The summed E-state index contributed by atoms with van der Waals surface area (Å²) in [7, 11) is 0. The lowest BCUT2D eigenvalue weighted by Gasteiger charge is -1.99. The average Bonchev–Trinajstić information content (AvgIpc) is 3.35.